The van der Waals surface area contributed by atoms with Gasteiger partial charge in [-0.25, -0.2) is 4.98 Å². The molecule has 1 N–H and O–H groups in total. The number of carbonyl (C=O) groups excluding carboxylic acids is 1. The zero-order valence-electron chi connectivity index (χ0n) is 13.8. The molecule has 1 heterocycles. The Kier molecular flexibility index (Phi) is 5.59. The van der Waals surface area contributed by atoms with Crippen LogP contribution in [0.2, 0.25) is 0 Å². The second-order valence-corrected chi connectivity index (χ2v) is 6.10. The van der Waals surface area contributed by atoms with Gasteiger partial charge < -0.3 is 10.1 Å². The van der Waals surface area contributed by atoms with Crippen LogP contribution >= 0.6 is 11.3 Å². The third-order valence-electron chi connectivity index (χ3n) is 3.46. The Bertz CT molecular complexity index is 856. The van der Waals surface area contributed by atoms with E-state index in [2.05, 4.69) is 10.3 Å². The van der Waals surface area contributed by atoms with Gasteiger partial charge in [-0.2, -0.15) is 0 Å². The number of nitrogens with one attached hydrogen (secondary N) is 1. The molecule has 4 nitrogen and oxygen atoms in total. The molecule has 3 aromatic rings. The van der Waals surface area contributed by atoms with Gasteiger partial charge in [-0.05, 0) is 43.3 Å². The number of carbonyl (C=O) groups is 1. The lowest BCUT2D eigenvalue weighted by molar-refractivity contribution is -0.111. The van der Waals surface area contributed by atoms with Gasteiger partial charge in [0.25, 0.3) is 0 Å². The van der Waals surface area contributed by atoms with Crippen LogP contribution in [0.15, 0.2) is 66.2 Å². The van der Waals surface area contributed by atoms with E-state index in [1.54, 1.807) is 23.6 Å². The smallest absolute Gasteiger partial charge is 0.248 e. The summed E-state index contributed by atoms with van der Waals surface area (Å²) in [6.07, 6.45) is 5.04. The first-order valence-corrected chi connectivity index (χ1v) is 8.85. The normalized spacial score (nSPS) is 10.8. The van der Waals surface area contributed by atoms with Gasteiger partial charge in [0.2, 0.25) is 5.91 Å². The van der Waals surface area contributed by atoms with Gasteiger partial charge >= 0.3 is 0 Å². The molecule has 1 amide bonds. The number of anilines is 1. The van der Waals surface area contributed by atoms with E-state index in [1.807, 2.05) is 60.8 Å². The minimum absolute atomic E-state index is 0.187. The fourth-order valence-electron chi connectivity index (χ4n) is 2.32. The molecule has 0 bridgehead atoms. The van der Waals surface area contributed by atoms with Gasteiger partial charge in [-0.15, -0.1) is 11.3 Å². The molecule has 0 fully saturated rings. The fourth-order valence-corrected chi connectivity index (χ4v) is 2.96. The molecule has 0 atom stereocenters. The quantitative estimate of drug-likeness (QED) is 0.646. The van der Waals surface area contributed by atoms with Gasteiger partial charge in [-0.1, -0.05) is 18.2 Å². The van der Waals surface area contributed by atoms with Crippen LogP contribution in [0.25, 0.3) is 16.6 Å². The standard InChI is InChI=1S/C20H18N2O2S/c1-2-24-18-6-4-3-5-15(18)9-12-19(23)22-17-10-7-16(8-11-17)20-21-13-14-25-20/h3-14H,2H2,1H3,(H,22,23). The number of thiazole rings is 1. The van der Waals surface area contributed by atoms with Crippen LogP contribution < -0.4 is 10.1 Å². The fraction of sp³-hybridized carbons (Fsp3) is 0.100. The van der Waals surface area contributed by atoms with E-state index >= 15 is 0 Å². The summed E-state index contributed by atoms with van der Waals surface area (Å²) in [5.41, 5.74) is 2.65. The van der Waals surface area contributed by atoms with Crippen molar-refractivity contribution in [2.24, 2.45) is 0 Å². The van der Waals surface area contributed by atoms with E-state index in [0.29, 0.717) is 6.61 Å². The molecule has 3 rings (SSSR count). The highest BCUT2D eigenvalue weighted by Crippen LogP contribution is 2.23. The second kappa shape index (κ2) is 8.26. The third-order valence-corrected chi connectivity index (χ3v) is 4.29. The predicted octanol–water partition coefficient (Wildman–Crippen LogP) is 4.86. The van der Waals surface area contributed by atoms with Crippen LogP contribution in [0.3, 0.4) is 0 Å². The van der Waals surface area contributed by atoms with E-state index in [0.717, 1.165) is 27.6 Å². The van der Waals surface area contributed by atoms with Crippen molar-refractivity contribution in [1.82, 2.24) is 4.98 Å². The summed E-state index contributed by atoms with van der Waals surface area (Å²) in [4.78, 5) is 16.4. The topological polar surface area (TPSA) is 51.2 Å². The molecule has 126 valence electrons. The zero-order valence-corrected chi connectivity index (χ0v) is 14.6. The molecule has 0 saturated carbocycles. The Morgan fingerprint density at radius 2 is 2.00 bits per heavy atom. The molecule has 0 aliphatic heterocycles. The number of hydrogen-bond donors (Lipinski definition) is 1. The van der Waals surface area contributed by atoms with Crippen LogP contribution in [0.5, 0.6) is 5.75 Å². The molecule has 2 aromatic carbocycles. The van der Waals surface area contributed by atoms with Crippen molar-refractivity contribution in [2.75, 3.05) is 11.9 Å². The van der Waals surface area contributed by atoms with Crippen molar-refractivity contribution in [2.45, 2.75) is 6.92 Å². The van der Waals surface area contributed by atoms with E-state index < -0.39 is 0 Å². The van der Waals surface area contributed by atoms with Crippen molar-refractivity contribution < 1.29 is 9.53 Å². The average molecular weight is 350 g/mol. The number of para-hydroxylation sites is 1. The first kappa shape index (κ1) is 16.9. The first-order valence-electron chi connectivity index (χ1n) is 7.97. The third kappa shape index (κ3) is 4.55. The van der Waals surface area contributed by atoms with Crippen LogP contribution in [0.4, 0.5) is 5.69 Å². The van der Waals surface area contributed by atoms with Gasteiger partial charge in [0, 0.05) is 34.5 Å². The lowest BCUT2D eigenvalue weighted by Gasteiger charge is -2.06. The van der Waals surface area contributed by atoms with Gasteiger partial charge in [0.15, 0.2) is 0 Å². The highest BCUT2D eigenvalue weighted by Gasteiger charge is 2.03. The summed E-state index contributed by atoms with van der Waals surface area (Å²) < 4.78 is 5.55. The molecule has 5 heteroatoms. The summed E-state index contributed by atoms with van der Waals surface area (Å²) in [5, 5.41) is 5.76. The maximum atomic E-state index is 12.1. The van der Waals surface area contributed by atoms with Gasteiger partial charge in [-0.3, -0.25) is 4.79 Å². The van der Waals surface area contributed by atoms with Crippen molar-refractivity contribution in [1.29, 1.82) is 0 Å². The molecule has 0 aliphatic rings. The molecule has 0 aliphatic carbocycles. The number of rotatable bonds is 6. The molecule has 0 spiro atoms. The Balaban J connectivity index is 1.64. The Morgan fingerprint density at radius 3 is 2.72 bits per heavy atom. The van der Waals surface area contributed by atoms with E-state index in [9.17, 15) is 4.79 Å². The summed E-state index contributed by atoms with van der Waals surface area (Å²) in [7, 11) is 0. The molecule has 1 aromatic heterocycles. The molecular formula is C20H18N2O2S. The second-order valence-electron chi connectivity index (χ2n) is 5.21. The molecular weight excluding hydrogens is 332 g/mol. The largest absolute Gasteiger partial charge is 0.493 e. The van der Waals surface area contributed by atoms with E-state index in [-0.39, 0.29) is 5.91 Å². The highest BCUT2D eigenvalue weighted by molar-refractivity contribution is 7.13. The monoisotopic (exact) mass is 350 g/mol. The molecule has 0 unspecified atom stereocenters. The summed E-state index contributed by atoms with van der Waals surface area (Å²) >= 11 is 1.59. The molecule has 0 radical (unpaired) electrons. The SMILES string of the molecule is CCOc1ccccc1C=CC(=O)Nc1ccc(-c2nccs2)cc1. The number of benzene rings is 2. The molecule has 25 heavy (non-hydrogen) atoms. The number of ether oxygens (including phenoxy) is 1. The van der Waals surface area contributed by atoms with Crippen LogP contribution in [-0.2, 0) is 4.79 Å². The Morgan fingerprint density at radius 1 is 1.20 bits per heavy atom. The maximum absolute atomic E-state index is 12.1. The van der Waals surface area contributed by atoms with Crippen LogP contribution in [-0.4, -0.2) is 17.5 Å². The maximum Gasteiger partial charge on any atom is 0.248 e. The van der Waals surface area contributed by atoms with Crippen molar-refractivity contribution in [3.63, 3.8) is 0 Å². The summed E-state index contributed by atoms with van der Waals surface area (Å²) in [5.74, 6) is 0.579. The van der Waals surface area contributed by atoms with E-state index in [4.69, 9.17) is 4.74 Å². The van der Waals surface area contributed by atoms with Crippen LogP contribution in [0.1, 0.15) is 12.5 Å². The highest BCUT2D eigenvalue weighted by atomic mass is 32.1. The lowest BCUT2D eigenvalue weighted by atomic mass is 10.2. The average Bonchev–Trinajstić information content (AvgIpc) is 3.17. The molecule has 0 saturated heterocycles. The number of hydrogen-bond acceptors (Lipinski definition) is 4. The Hall–Kier alpha value is -2.92. The summed E-state index contributed by atoms with van der Waals surface area (Å²) in [6, 6.07) is 15.3. The van der Waals surface area contributed by atoms with Crippen molar-refractivity contribution in [3.8, 4) is 16.3 Å². The van der Waals surface area contributed by atoms with Crippen molar-refractivity contribution in [3.05, 3.63) is 71.7 Å². The minimum atomic E-state index is -0.187. The minimum Gasteiger partial charge on any atom is -0.493 e. The lowest BCUT2D eigenvalue weighted by Crippen LogP contribution is -2.07. The number of nitrogens with zero attached hydrogens (tertiary/aromatic N) is 1. The Labute approximate surface area is 150 Å². The van der Waals surface area contributed by atoms with Gasteiger partial charge in [0.1, 0.15) is 10.8 Å². The van der Waals surface area contributed by atoms with Crippen molar-refractivity contribution >= 4 is 29.0 Å². The number of aromatic nitrogens is 1. The van der Waals surface area contributed by atoms with E-state index in [1.165, 1.54) is 6.08 Å². The first-order chi connectivity index (χ1) is 12.3. The predicted molar refractivity (Wildman–Crippen MR) is 103 cm³/mol. The summed E-state index contributed by atoms with van der Waals surface area (Å²) in [6.45, 7) is 2.52. The zero-order chi connectivity index (χ0) is 17.5. The van der Waals surface area contributed by atoms with Gasteiger partial charge in [0.05, 0.1) is 6.61 Å². The van der Waals surface area contributed by atoms with Crippen LogP contribution in [0, 0.1) is 0 Å². The number of amides is 1.